The number of hydrogen-bond acceptors (Lipinski definition) is 4. The Labute approximate surface area is 121 Å². The van der Waals surface area contributed by atoms with Gasteiger partial charge in [0, 0.05) is 26.3 Å². The second kappa shape index (κ2) is 7.26. The number of rotatable bonds is 6. The third-order valence-corrected chi connectivity index (χ3v) is 2.47. The Morgan fingerprint density at radius 3 is 2.71 bits per heavy atom. The second-order valence-electron chi connectivity index (χ2n) is 4.77. The zero-order valence-electron chi connectivity index (χ0n) is 12.1. The van der Waals surface area contributed by atoms with Gasteiger partial charge in [-0.1, -0.05) is 0 Å². The minimum atomic E-state index is -4.37. The predicted octanol–water partition coefficient (Wildman–Crippen LogP) is 1.84. The summed E-state index contributed by atoms with van der Waals surface area (Å²) >= 11 is 0. The highest BCUT2D eigenvalue weighted by Gasteiger charge is 2.27. The van der Waals surface area contributed by atoms with Crippen molar-refractivity contribution in [2.75, 3.05) is 32.2 Å². The summed E-state index contributed by atoms with van der Waals surface area (Å²) in [6.07, 6.45) is -2.81. The van der Waals surface area contributed by atoms with Crippen LogP contribution in [0.3, 0.4) is 0 Å². The number of aromatic nitrogens is 1. The molecule has 1 aromatic heterocycles. The number of anilines is 1. The number of halogens is 3. The first kappa shape index (κ1) is 17.2. The van der Waals surface area contributed by atoms with E-state index in [1.807, 2.05) is 0 Å². The molecule has 0 radical (unpaired) electrons. The van der Waals surface area contributed by atoms with Crippen LogP contribution in [0.15, 0.2) is 18.3 Å². The molecule has 5 nitrogen and oxygen atoms in total. The Morgan fingerprint density at radius 2 is 2.14 bits per heavy atom. The minimum Gasteiger partial charge on any atom is -0.370 e. The highest BCUT2D eigenvalue weighted by Crippen LogP contribution is 2.15. The van der Waals surface area contributed by atoms with Crippen molar-refractivity contribution in [3.05, 3.63) is 23.9 Å². The van der Waals surface area contributed by atoms with E-state index in [9.17, 15) is 18.0 Å². The van der Waals surface area contributed by atoms with Crippen molar-refractivity contribution in [3.63, 3.8) is 0 Å². The number of pyridine rings is 1. The summed E-state index contributed by atoms with van der Waals surface area (Å²) in [5.74, 6) is 0.0771. The zero-order chi connectivity index (χ0) is 16.0. The van der Waals surface area contributed by atoms with Gasteiger partial charge in [-0.2, -0.15) is 13.2 Å². The third kappa shape index (κ3) is 5.99. The molecule has 8 heteroatoms. The van der Waals surface area contributed by atoms with E-state index in [2.05, 4.69) is 15.0 Å². The summed E-state index contributed by atoms with van der Waals surface area (Å²) in [6, 6.07) is 2.67. The number of amides is 1. The molecule has 0 saturated carbocycles. The number of nitrogens with zero attached hydrogens (tertiary/aromatic N) is 2. The van der Waals surface area contributed by atoms with Crippen molar-refractivity contribution < 1.29 is 22.7 Å². The topological polar surface area (TPSA) is 54.5 Å². The fraction of sp³-hybridized carbons (Fsp3) is 0.538. The fourth-order valence-electron chi connectivity index (χ4n) is 1.63. The molecule has 0 aliphatic rings. The molecule has 1 rings (SSSR count). The van der Waals surface area contributed by atoms with Crippen LogP contribution in [0.1, 0.15) is 17.3 Å². The van der Waals surface area contributed by atoms with Gasteiger partial charge in [-0.3, -0.25) is 4.79 Å². The van der Waals surface area contributed by atoms with Gasteiger partial charge in [0.25, 0.3) is 5.91 Å². The lowest BCUT2D eigenvalue weighted by atomic mass is 10.2. The summed E-state index contributed by atoms with van der Waals surface area (Å²) in [4.78, 5) is 17.9. The summed E-state index contributed by atoms with van der Waals surface area (Å²) in [5.41, 5.74) is 0.352. The SMILES string of the molecule is CC(COCC(F)(F)F)NC(=O)c1cccnc1N(C)C. The fourth-order valence-corrected chi connectivity index (χ4v) is 1.63. The Hall–Kier alpha value is -1.83. The van der Waals surface area contributed by atoms with Crippen LogP contribution >= 0.6 is 0 Å². The lowest BCUT2D eigenvalue weighted by Gasteiger charge is -2.18. The predicted molar refractivity (Wildman–Crippen MR) is 72.4 cm³/mol. The average molecular weight is 305 g/mol. The van der Waals surface area contributed by atoms with Gasteiger partial charge < -0.3 is 15.0 Å². The van der Waals surface area contributed by atoms with E-state index in [4.69, 9.17) is 0 Å². The highest BCUT2D eigenvalue weighted by molar-refractivity contribution is 5.98. The zero-order valence-corrected chi connectivity index (χ0v) is 12.1. The first-order valence-corrected chi connectivity index (χ1v) is 6.28. The van der Waals surface area contributed by atoms with Crippen molar-refractivity contribution in [2.24, 2.45) is 0 Å². The number of alkyl halides is 3. The van der Waals surface area contributed by atoms with Crippen molar-refractivity contribution >= 4 is 11.7 Å². The summed E-state index contributed by atoms with van der Waals surface area (Å²) < 4.78 is 40.4. The number of nitrogens with one attached hydrogen (secondary N) is 1. The van der Waals surface area contributed by atoms with E-state index >= 15 is 0 Å². The molecule has 1 aromatic rings. The van der Waals surface area contributed by atoms with Gasteiger partial charge in [0.2, 0.25) is 0 Å². The smallest absolute Gasteiger partial charge is 0.370 e. The van der Waals surface area contributed by atoms with Crippen LogP contribution in [-0.2, 0) is 4.74 Å². The van der Waals surface area contributed by atoms with Gasteiger partial charge in [-0.15, -0.1) is 0 Å². The lowest BCUT2D eigenvalue weighted by molar-refractivity contribution is -0.174. The molecule has 0 aliphatic carbocycles. The first-order chi connectivity index (χ1) is 9.70. The largest absolute Gasteiger partial charge is 0.411 e. The summed E-state index contributed by atoms with van der Waals surface area (Å²) in [5, 5.41) is 2.58. The van der Waals surface area contributed by atoms with Gasteiger partial charge in [0.05, 0.1) is 12.2 Å². The van der Waals surface area contributed by atoms with Crippen molar-refractivity contribution in [1.82, 2.24) is 10.3 Å². The Kier molecular flexibility index (Phi) is 5.95. The Bertz CT molecular complexity index is 478. The van der Waals surface area contributed by atoms with Crippen LogP contribution in [0.25, 0.3) is 0 Å². The maximum Gasteiger partial charge on any atom is 0.411 e. The van der Waals surface area contributed by atoms with E-state index in [1.165, 1.54) is 0 Å². The number of carbonyl (C=O) groups excluding carboxylic acids is 1. The summed E-state index contributed by atoms with van der Waals surface area (Å²) in [6.45, 7) is 0.0197. The van der Waals surface area contributed by atoms with Crippen LogP contribution in [0.4, 0.5) is 19.0 Å². The van der Waals surface area contributed by atoms with Gasteiger partial charge in [0.15, 0.2) is 0 Å². The van der Waals surface area contributed by atoms with Gasteiger partial charge in [-0.05, 0) is 19.1 Å². The molecule has 0 spiro atoms. The number of hydrogen-bond donors (Lipinski definition) is 1. The maximum absolute atomic E-state index is 12.1. The molecule has 0 saturated heterocycles. The van der Waals surface area contributed by atoms with Crippen molar-refractivity contribution in [3.8, 4) is 0 Å². The monoisotopic (exact) mass is 305 g/mol. The van der Waals surface area contributed by atoms with E-state index < -0.39 is 24.7 Å². The quantitative estimate of drug-likeness (QED) is 0.871. The van der Waals surface area contributed by atoms with Crippen LogP contribution in [0.2, 0.25) is 0 Å². The molecular formula is C13H18F3N3O2. The number of ether oxygens (including phenoxy) is 1. The normalized spacial score (nSPS) is 12.9. The van der Waals surface area contributed by atoms with Crippen LogP contribution in [-0.4, -0.2) is 50.4 Å². The molecule has 1 unspecified atom stereocenters. The molecule has 0 aromatic carbocycles. The molecule has 118 valence electrons. The standard InChI is InChI=1S/C13H18F3N3O2/c1-9(7-21-8-13(14,15)16)18-12(20)10-5-4-6-17-11(10)19(2)3/h4-6,9H,7-8H2,1-3H3,(H,18,20). The molecule has 21 heavy (non-hydrogen) atoms. The molecule has 0 bridgehead atoms. The minimum absolute atomic E-state index is 0.219. The highest BCUT2D eigenvalue weighted by atomic mass is 19.4. The van der Waals surface area contributed by atoms with Crippen molar-refractivity contribution in [2.45, 2.75) is 19.1 Å². The first-order valence-electron chi connectivity index (χ1n) is 6.28. The molecule has 1 atom stereocenters. The van der Waals surface area contributed by atoms with E-state index in [1.54, 1.807) is 44.2 Å². The van der Waals surface area contributed by atoms with E-state index in [0.717, 1.165) is 0 Å². The molecular weight excluding hydrogens is 287 g/mol. The third-order valence-electron chi connectivity index (χ3n) is 2.47. The van der Waals surface area contributed by atoms with Crippen LogP contribution < -0.4 is 10.2 Å². The molecule has 0 aliphatic heterocycles. The molecule has 0 fully saturated rings. The Balaban J connectivity index is 2.57. The second-order valence-corrected chi connectivity index (χ2v) is 4.77. The molecule has 1 heterocycles. The van der Waals surface area contributed by atoms with Crippen LogP contribution in [0.5, 0.6) is 0 Å². The Morgan fingerprint density at radius 1 is 1.48 bits per heavy atom. The van der Waals surface area contributed by atoms with E-state index in [-0.39, 0.29) is 6.61 Å². The van der Waals surface area contributed by atoms with E-state index in [0.29, 0.717) is 11.4 Å². The summed E-state index contributed by atoms with van der Waals surface area (Å²) in [7, 11) is 3.49. The van der Waals surface area contributed by atoms with Crippen molar-refractivity contribution in [1.29, 1.82) is 0 Å². The number of carbonyl (C=O) groups is 1. The van der Waals surface area contributed by atoms with Gasteiger partial charge in [-0.25, -0.2) is 4.98 Å². The maximum atomic E-state index is 12.1. The molecule has 1 amide bonds. The van der Waals surface area contributed by atoms with Gasteiger partial charge >= 0.3 is 6.18 Å². The van der Waals surface area contributed by atoms with Crippen LogP contribution in [0, 0.1) is 0 Å². The lowest BCUT2D eigenvalue weighted by Crippen LogP contribution is -2.37. The molecule has 1 N–H and O–H groups in total. The van der Waals surface area contributed by atoms with Gasteiger partial charge in [0.1, 0.15) is 12.4 Å². The average Bonchev–Trinajstić information content (AvgIpc) is 2.37.